The van der Waals surface area contributed by atoms with Crippen LogP contribution in [0.3, 0.4) is 0 Å². The summed E-state index contributed by atoms with van der Waals surface area (Å²) in [6.07, 6.45) is 5.54. The molecular formula is C15H21N3O2S2. The predicted molar refractivity (Wildman–Crippen MR) is 87.7 cm³/mol. The summed E-state index contributed by atoms with van der Waals surface area (Å²) in [4.78, 5) is 2.22. The SMILES string of the molecule is Cc1cc(S(=O)(=O)NCc2n[nH]c3c2CCCCC3)c(C)s1. The predicted octanol–water partition coefficient (Wildman–Crippen LogP) is 2.84. The molecule has 0 atom stereocenters. The molecule has 0 aliphatic heterocycles. The summed E-state index contributed by atoms with van der Waals surface area (Å²) in [6, 6.07) is 1.73. The lowest BCUT2D eigenvalue weighted by Crippen LogP contribution is -2.24. The number of sulfonamides is 1. The van der Waals surface area contributed by atoms with Gasteiger partial charge < -0.3 is 0 Å². The van der Waals surface area contributed by atoms with Gasteiger partial charge in [0.15, 0.2) is 0 Å². The molecule has 5 nitrogen and oxygen atoms in total. The van der Waals surface area contributed by atoms with E-state index in [1.807, 2.05) is 13.8 Å². The monoisotopic (exact) mass is 339 g/mol. The van der Waals surface area contributed by atoms with Crippen molar-refractivity contribution in [1.82, 2.24) is 14.9 Å². The number of rotatable bonds is 4. The molecule has 1 aliphatic rings. The Bertz CT molecular complexity index is 775. The molecule has 1 aliphatic carbocycles. The van der Waals surface area contributed by atoms with Crippen molar-refractivity contribution in [2.75, 3.05) is 0 Å². The van der Waals surface area contributed by atoms with Crippen LogP contribution in [0.25, 0.3) is 0 Å². The van der Waals surface area contributed by atoms with Gasteiger partial charge in [-0.25, -0.2) is 13.1 Å². The van der Waals surface area contributed by atoms with Crippen LogP contribution in [0.1, 0.15) is 46.0 Å². The van der Waals surface area contributed by atoms with Gasteiger partial charge in [0.25, 0.3) is 0 Å². The lowest BCUT2D eigenvalue weighted by molar-refractivity contribution is 0.579. The largest absolute Gasteiger partial charge is 0.282 e. The van der Waals surface area contributed by atoms with Gasteiger partial charge in [-0.15, -0.1) is 11.3 Å². The number of hydrogen-bond donors (Lipinski definition) is 2. The van der Waals surface area contributed by atoms with E-state index in [-0.39, 0.29) is 6.54 Å². The van der Waals surface area contributed by atoms with Gasteiger partial charge in [0.1, 0.15) is 0 Å². The van der Waals surface area contributed by atoms with E-state index < -0.39 is 10.0 Å². The molecule has 0 aromatic carbocycles. The highest BCUT2D eigenvalue weighted by Gasteiger charge is 2.21. The third-order valence-electron chi connectivity index (χ3n) is 4.11. The molecule has 0 unspecified atom stereocenters. The Kier molecular flexibility index (Phi) is 4.38. The maximum absolute atomic E-state index is 12.5. The molecule has 2 aromatic heterocycles. The number of hydrogen-bond acceptors (Lipinski definition) is 4. The van der Waals surface area contributed by atoms with Crippen molar-refractivity contribution in [2.45, 2.75) is 57.4 Å². The third-order valence-corrected chi connectivity index (χ3v) is 6.73. The summed E-state index contributed by atoms with van der Waals surface area (Å²) in [6.45, 7) is 4.01. The molecule has 0 amide bonds. The summed E-state index contributed by atoms with van der Waals surface area (Å²) >= 11 is 1.50. The van der Waals surface area contributed by atoms with Gasteiger partial charge in [0.2, 0.25) is 10.0 Å². The van der Waals surface area contributed by atoms with E-state index in [2.05, 4.69) is 14.9 Å². The van der Waals surface area contributed by atoms with Gasteiger partial charge in [-0.2, -0.15) is 5.10 Å². The summed E-state index contributed by atoms with van der Waals surface area (Å²) in [5.41, 5.74) is 3.22. The Morgan fingerprint density at radius 1 is 1.27 bits per heavy atom. The highest BCUT2D eigenvalue weighted by molar-refractivity contribution is 7.89. The molecule has 0 saturated carbocycles. The van der Waals surface area contributed by atoms with Crippen LogP contribution in [0, 0.1) is 13.8 Å². The quantitative estimate of drug-likeness (QED) is 0.841. The van der Waals surface area contributed by atoms with Gasteiger partial charge in [-0.1, -0.05) is 6.42 Å². The summed E-state index contributed by atoms with van der Waals surface area (Å²) in [5.74, 6) is 0. The summed E-state index contributed by atoms with van der Waals surface area (Å²) in [5, 5.41) is 7.39. The van der Waals surface area contributed by atoms with Crippen LogP contribution >= 0.6 is 11.3 Å². The fraction of sp³-hybridized carbons (Fsp3) is 0.533. The van der Waals surface area contributed by atoms with E-state index in [4.69, 9.17) is 0 Å². The molecule has 0 fully saturated rings. The normalized spacial score (nSPS) is 15.5. The number of aromatic nitrogens is 2. The Hall–Kier alpha value is -1.18. The highest BCUT2D eigenvalue weighted by atomic mass is 32.2. The third kappa shape index (κ3) is 3.11. The zero-order chi connectivity index (χ0) is 15.7. The number of nitrogens with zero attached hydrogens (tertiary/aromatic N) is 1. The van der Waals surface area contributed by atoms with Crippen molar-refractivity contribution in [3.8, 4) is 0 Å². The van der Waals surface area contributed by atoms with Crippen LogP contribution in [0.15, 0.2) is 11.0 Å². The fourth-order valence-corrected chi connectivity index (χ4v) is 5.53. The second-order valence-corrected chi connectivity index (χ2v) is 8.99. The molecule has 22 heavy (non-hydrogen) atoms. The summed E-state index contributed by atoms with van der Waals surface area (Å²) in [7, 11) is -3.48. The summed E-state index contributed by atoms with van der Waals surface area (Å²) < 4.78 is 27.6. The van der Waals surface area contributed by atoms with Crippen LogP contribution in [-0.4, -0.2) is 18.6 Å². The number of aryl methyl sites for hydroxylation is 3. The van der Waals surface area contributed by atoms with Gasteiger partial charge in [0.05, 0.1) is 17.1 Å². The Morgan fingerprint density at radius 3 is 2.77 bits per heavy atom. The van der Waals surface area contributed by atoms with Crippen LogP contribution in [-0.2, 0) is 29.4 Å². The van der Waals surface area contributed by atoms with E-state index in [1.54, 1.807) is 6.07 Å². The second-order valence-electron chi connectivity index (χ2n) is 5.79. The lowest BCUT2D eigenvalue weighted by Gasteiger charge is -2.06. The van der Waals surface area contributed by atoms with E-state index in [0.29, 0.717) is 4.90 Å². The molecule has 2 aromatic rings. The number of thiophene rings is 1. The van der Waals surface area contributed by atoms with Crippen molar-refractivity contribution < 1.29 is 8.42 Å². The van der Waals surface area contributed by atoms with Crippen molar-refractivity contribution in [3.05, 3.63) is 32.8 Å². The molecule has 2 heterocycles. The van der Waals surface area contributed by atoms with Crippen LogP contribution in [0.2, 0.25) is 0 Å². The topological polar surface area (TPSA) is 74.8 Å². The molecule has 120 valence electrons. The van der Waals surface area contributed by atoms with Crippen molar-refractivity contribution in [3.63, 3.8) is 0 Å². The average molecular weight is 339 g/mol. The van der Waals surface area contributed by atoms with Crippen molar-refractivity contribution in [1.29, 1.82) is 0 Å². The molecule has 0 saturated heterocycles. The van der Waals surface area contributed by atoms with Crippen LogP contribution in [0.4, 0.5) is 0 Å². The fourth-order valence-electron chi connectivity index (χ4n) is 2.99. The van der Waals surface area contributed by atoms with Crippen LogP contribution < -0.4 is 4.72 Å². The van der Waals surface area contributed by atoms with Gasteiger partial charge in [-0.05, 0) is 51.2 Å². The van der Waals surface area contributed by atoms with Gasteiger partial charge >= 0.3 is 0 Å². The Labute approximate surface area is 135 Å². The maximum Gasteiger partial charge on any atom is 0.242 e. The number of H-pyrrole nitrogens is 1. The smallest absolute Gasteiger partial charge is 0.242 e. The lowest BCUT2D eigenvalue weighted by atomic mass is 10.1. The number of fused-ring (bicyclic) bond motifs is 1. The zero-order valence-corrected chi connectivity index (χ0v) is 14.5. The van der Waals surface area contributed by atoms with Crippen molar-refractivity contribution >= 4 is 21.4 Å². The number of aromatic amines is 1. The van der Waals surface area contributed by atoms with Gasteiger partial charge in [-0.3, -0.25) is 5.10 Å². The standard InChI is InChI=1S/C15H21N3O2S2/c1-10-8-15(11(2)21-10)22(19,20)16-9-14-12-6-4-3-5-7-13(12)17-18-14/h8,16H,3-7,9H2,1-2H3,(H,17,18). The first-order valence-electron chi connectivity index (χ1n) is 7.59. The number of nitrogens with one attached hydrogen (secondary N) is 2. The molecule has 0 radical (unpaired) electrons. The zero-order valence-electron chi connectivity index (χ0n) is 12.9. The minimum absolute atomic E-state index is 0.252. The van der Waals surface area contributed by atoms with Crippen molar-refractivity contribution in [2.24, 2.45) is 0 Å². The molecule has 7 heteroatoms. The van der Waals surface area contributed by atoms with E-state index >= 15 is 0 Å². The van der Waals surface area contributed by atoms with E-state index in [1.165, 1.54) is 35.4 Å². The Morgan fingerprint density at radius 2 is 2.05 bits per heavy atom. The highest BCUT2D eigenvalue weighted by Crippen LogP contribution is 2.26. The maximum atomic E-state index is 12.5. The minimum Gasteiger partial charge on any atom is -0.282 e. The molecule has 3 rings (SSSR count). The average Bonchev–Trinajstić information content (AvgIpc) is 2.91. The molecule has 0 bridgehead atoms. The van der Waals surface area contributed by atoms with E-state index in [9.17, 15) is 8.42 Å². The molecule has 0 spiro atoms. The second kappa shape index (κ2) is 6.14. The first-order valence-corrected chi connectivity index (χ1v) is 9.89. The minimum atomic E-state index is -3.48. The van der Waals surface area contributed by atoms with E-state index in [0.717, 1.165) is 34.7 Å². The molecule has 2 N–H and O–H groups in total. The van der Waals surface area contributed by atoms with Crippen LogP contribution in [0.5, 0.6) is 0 Å². The Balaban J connectivity index is 1.78. The molecular weight excluding hydrogens is 318 g/mol. The first kappa shape index (κ1) is 15.7. The first-order chi connectivity index (χ1) is 10.5. The van der Waals surface area contributed by atoms with Gasteiger partial charge in [0, 0.05) is 15.4 Å².